The SMILES string of the molecule is COC(=O)c1ccc(OC2CNC2)cc1O. The predicted octanol–water partition coefficient (Wildman–Crippen LogP) is 0.529. The molecule has 1 aromatic carbocycles. The molecule has 0 spiro atoms. The van der Waals surface area contributed by atoms with Crippen LogP contribution in [0.4, 0.5) is 0 Å². The molecule has 2 N–H and O–H groups in total. The molecule has 0 saturated carbocycles. The average molecular weight is 223 g/mol. The number of aromatic hydroxyl groups is 1. The predicted molar refractivity (Wildman–Crippen MR) is 56.7 cm³/mol. The van der Waals surface area contributed by atoms with Gasteiger partial charge in [0.1, 0.15) is 23.2 Å². The van der Waals surface area contributed by atoms with Gasteiger partial charge < -0.3 is 19.9 Å². The van der Waals surface area contributed by atoms with E-state index in [-0.39, 0.29) is 17.4 Å². The molecule has 1 aliphatic rings. The topological polar surface area (TPSA) is 67.8 Å². The van der Waals surface area contributed by atoms with Gasteiger partial charge in [-0.05, 0) is 12.1 Å². The van der Waals surface area contributed by atoms with Crippen LogP contribution in [0.3, 0.4) is 0 Å². The van der Waals surface area contributed by atoms with Gasteiger partial charge in [0.05, 0.1) is 7.11 Å². The maximum Gasteiger partial charge on any atom is 0.341 e. The molecule has 1 heterocycles. The molecule has 2 rings (SSSR count). The first-order chi connectivity index (χ1) is 7.70. The third-order valence-corrected chi connectivity index (χ3v) is 2.42. The number of carbonyl (C=O) groups is 1. The first-order valence-electron chi connectivity index (χ1n) is 4.99. The van der Waals surface area contributed by atoms with Crippen molar-refractivity contribution < 1.29 is 19.4 Å². The number of phenols is 1. The highest BCUT2D eigenvalue weighted by molar-refractivity contribution is 5.92. The molecule has 5 nitrogen and oxygen atoms in total. The second-order valence-corrected chi connectivity index (χ2v) is 3.57. The van der Waals surface area contributed by atoms with E-state index in [9.17, 15) is 9.90 Å². The smallest absolute Gasteiger partial charge is 0.341 e. The summed E-state index contributed by atoms with van der Waals surface area (Å²) in [6.07, 6.45) is 0.142. The molecule has 1 fully saturated rings. The van der Waals surface area contributed by atoms with Crippen molar-refractivity contribution in [3.8, 4) is 11.5 Å². The van der Waals surface area contributed by atoms with Crippen LogP contribution in [-0.4, -0.2) is 37.4 Å². The summed E-state index contributed by atoms with van der Waals surface area (Å²) in [5.74, 6) is -0.136. The lowest BCUT2D eigenvalue weighted by atomic mass is 10.2. The van der Waals surface area contributed by atoms with E-state index in [1.807, 2.05) is 0 Å². The minimum atomic E-state index is -0.561. The molecule has 0 radical (unpaired) electrons. The number of esters is 1. The fraction of sp³-hybridized carbons (Fsp3) is 0.364. The van der Waals surface area contributed by atoms with E-state index in [1.54, 1.807) is 6.07 Å². The Bertz CT molecular complexity index is 401. The lowest BCUT2D eigenvalue weighted by Crippen LogP contribution is -2.50. The Kier molecular flexibility index (Phi) is 2.96. The fourth-order valence-electron chi connectivity index (χ4n) is 1.41. The number of benzene rings is 1. The number of rotatable bonds is 3. The van der Waals surface area contributed by atoms with E-state index in [0.717, 1.165) is 13.1 Å². The summed E-state index contributed by atoms with van der Waals surface area (Å²) >= 11 is 0. The van der Waals surface area contributed by atoms with Gasteiger partial charge in [-0.3, -0.25) is 0 Å². The minimum absolute atomic E-state index is 0.128. The van der Waals surface area contributed by atoms with Crippen molar-refractivity contribution in [1.29, 1.82) is 0 Å². The zero-order valence-corrected chi connectivity index (χ0v) is 8.90. The molecule has 86 valence electrons. The molecule has 0 unspecified atom stereocenters. The van der Waals surface area contributed by atoms with Gasteiger partial charge in [0.2, 0.25) is 0 Å². The Morgan fingerprint density at radius 3 is 2.75 bits per heavy atom. The molecule has 16 heavy (non-hydrogen) atoms. The number of methoxy groups -OCH3 is 1. The second-order valence-electron chi connectivity index (χ2n) is 3.57. The largest absolute Gasteiger partial charge is 0.507 e. The summed E-state index contributed by atoms with van der Waals surface area (Å²) in [6, 6.07) is 4.55. The van der Waals surface area contributed by atoms with Gasteiger partial charge in [0.25, 0.3) is 0 Å². The molecule has 1 aromatic rings. The van der Waals surface area contributed by atoms with Crippen LogP contribution in [0, 0.1) is 0 Å². The van der Waals surface area contributed by atoms with Crippen LogP contribution in [0.2, 0.25) is 0 Å². The summed E-state index contributed by atoms with van der Waals surface area (Å²) in [5, 5.41) is 12.7. The lowest BCUT2D eigenvalue weighted by molar-refractivity contribution is 0.0597. The van der Waals surface area contributed by atoms with Crippen molar-refractivity contribution in [2.24, 2.45) is 0 Å². The van der Waals surface area contributed by atoms with E-state index >= 15 is 0 Å². The van der Waals surface area contributed by atoms with Gasteiger partial charge in [-0.2, -0.15) is 0 Å². The maximum atomic E-state index is 11.2. The number of hydrogen-bond acceptors (Lipinski definition) is 5. The van der Waals surface area contributed by atoms with Crippen LogP contribution < -0.4 is 10.1 Å². The standard InChI is InChI=1S/C11H13NO4/c1-15-11(14)9-3-2-7(4-10(9)13)16-8-5-12-6-8/h2-4,8,12-13H,5-6H2,1H3. The Hall–Kier alpha value is -1.75. The normalized spacial score (nSPS) is 15.3. The quantitative estimate of drug-likeness (QED) is 0.731. The molecular weight excluding hydrogens is 210 g/mol. The van der Waals surface area contributed by atoms with Gasteiger partial charge in [-0.1, -0.05) is 0 Å². The molecular formula is C11H13NO4. The van der Waals surface area contributed by atoms with Crippen molar-refractivity contribution in [2.45, 2.75) is 6.10 Å². The molecule has 0 bridgehead atoms. The number of phenolic OH excluding ortho intramolecular Hbond substituents is 1. The second kappa shape index (κ2) is 4.40. The van der Waals surface area contributed by atoms with E-state index in [0.29, 0.717) is 5.75 Å². The summed E-state index contributed by atoms with van der Waals surface area (Å²) in [4.78, 5) is 11.2. The van der Waals surface area contributed by atoms with Crippen LogP contribution >= 0.6 is 0 Å². The van der Waals surface area contributed by atoms with E-state index in [2.05, 4.69) is 10.1 Å². The third-order valence-electron chi connectivity index (χ3n) is 2.42. The van der Waals surface area contributed by atoms with Crippen LogP contribution in [0.1, 0.15) is 10.4 Å². The fourth-order valence-corrected chi connectivity index (χ4v) is 1.41. The number of hydrogen-bond donors (Lipinski definition) is 2. The molecule has 0 amide bonds. The van der Waals surface area contributed by atoms with Gasteiger partial charge in [0, 0.05) is 19.2 Å². The average Bonchev–Trinajstić information content (AvgIpc) is 2.23. The van der Waals surface area contributed by atoms with Crippen molar-refractivity contribution in [1.82, 2.24) is 5.32 Å². The Morgan fingerprint density at radius 2 is 2.25 bits per heavy atom. The van der Waals surface area contributed by atoms with Crippen LogP contribution in [0.25, 0.3) is 0 Å². The van der Waals surface area contributed by atoms with Crippen LogP contribution in [-0.2, 0) is 4.74 Å². The van der Waals surface area contributed by atoms with Gasteiger partial charge in [-0.15, -0.1) is 0 Å². The number of nitrogens with one attached hydrogen (secondary N) is 1. The zero-order chi connectivity index (χ0) is 11.5. The van der Waals surface area contributed by atoms with E-state index in [4.69, 9.17) is 4.74 Å². The Labute approximate surface area is 93.0 Å². The van der Waals surface area contributed by atoms with Crippen molar-refractivity contribution in [3.05, 3.63) is 23.8 Å². The monoisotopic (exact) mass is 223 g/mol. The first kappa shape index (κ1) is 10.8. The van der Waals surface area contributed by atoms with E-state index in [1.165, 1.54) is 19.2 Å². The maximum absolute atomic E-state index is 11.2. The molecule has 0 aliphatic carbocycles. The summed E-state index contributed by atoms with van der Waals surface area (Å²) in [7, 11) is 1.27. The number of ether oxygens (including phenoxy) is 2. The highest BCUT2D eigenvalue weighted by atomic mass is 16.5. The molecule has 0 aromatic heterocycles. The van der Waals surface area contributed by atoms with Crippen molar-refractivity contribution in [2.75, 3.05) is 20.2 Å². The van der Waals surface area contributed by atoms with Crippen molar-refractivity contribution in [3.63, 3.8) is 0 Å². The highest BCUT2D eigenvalue weighted by Gasteiger charge is 2.19. The summed E-state index contributed by atoms with van der Waals surface area (Å²) < 4.78 is 10.0. The van der Waals surface area contributed by atoms with Gasteiger partial charge in [0.15, 0.2) is 0 Å². The van der Waals surface area contributed by atoms with Crippen LogP contribution in [0.15, 0.2) is 18.2 Å². The minimum Gasteiger partial charge on any atom is -0.507 e. The van der Waals surface area contributed by atoms with Gasteiger partial charge in [-0.25, -0.2) is 4.79 Å². The lowest BCUT2D eigenvalue weighted by Gasteiger charge is -2.27. The first-order valence-corrected chi connectivity index (χ1v) is 4.99. The molecule has 1 saturated heterocycles. The Morgan fingerprint density at radius 1 is 1.50 bits per heavy atom. The molecule has 1 aliphatic heterocycles. The third kappa shape index (κ3) is 2.09. The Balaban J connectivity index is 2.11. The van der Waals surface area contributed by atoms with E-state index < -0.39 is 5.97 Å². The summed E-state index contributed by atoms with van der Waals surface area (Å²) in [5.41, 5.74) is 0.140. The molecule has 0 atom stereocenters. The highest BCUT2D eigenvalue weighted by Crippen LogP contribution is 2.25. The summed E-state index contributed by atoms with van der Waals surface area (Å²) in [6.45, 7) is 1.61. The van der Waals surface area contributed by atoms with Crippen LogP contribution in [0.5, 0.6) is 11.5 Å². The number of carbonyl (C=O) groups excluding carboxylic acids is 1. The van der Waals surface area contributed by atoms with Gasteiger partial charge >= 0.3 is 5.97 Å². The zero-order valence-electron chi connectivity index (χ0n) is 8.90. The molecule has 5 heteroatoms. The van der Waals surface area contributed by atoms with Crippen molar-refractivity contribution >= 4 is 5.97 Å².